The monoisotopic (exact) mass is 534 g/mol. The Morgan fingerprint density at radius 3 is 1.64 bits per heavy atom. The molecule has 156 valence electrons. The summed E-state index contributed by atoms with van der Waals surface area (Å²) in [4.78, 5) is 0. The van der Waals surface area contributed by atoms with E-state index in [1.807, 2.05) is 0 Å². The summed E-state index contributed by atoms with van der Waals surface area (Å²) in [7, 11) is -6.39. The largest absolute Gasteiger partial charge is 0.743 e. The molecule has 0 aliphatic heterocycles. The number of rotatable bonds is 8. The van der Waals surface area contributed by atoms with Gasteiger partial charge < -0.3 is 9.66 Å². The van der Waals surface area contributed by atoms with E-state index in [2.05, 4.69) is 60.7 Å². The first-order valence-electron chi connectivity index (χ1n) is 8.08. The molecule has 1 N–H and O–H groups in total. The highest BCUT2D eigenvalue weighted by Crippen LogP contribution is 2.41. The summed E-state index contributed by atoms with van der Waals surface area (Å²) >= 11 is 0.0287. The number of alkyl halides is 4. The summed E-state index contributed by atoms with van der Waals surface area (Å²) in [6.07, 6.45) is -2.15. The first-order valence-corrected chi connectivity index (χ1v) is 11.6. The van der Waals surface area contributed by atoms with Crippen LogP contribution in [0.1, 0.15) is 19.3 Å². The smallest absolute Gasteiger partial charge is 0.396 e. The molecule has 10 heteroatoms. The van der Waals surface area contributed by atoms with Crippen LogP contribution < -0.4 is 21.2 Å². The Morgan fingerprint density at radius 1 is 0.857 bits per heavy atom. The minimum absolute atomic E-state index is 0.0287. The second kappa shape index (κ2) is 11.1. The van der Waals surface area contributed by atoms with E-state index in [1.165, 1.54) is 7.14 Å². The first kappa shape index (κ1) is 24.8. The van der Waals surface area contributed by atoms with Crippen LogP contribution in [0.4, 0.5) is 17.6 Å². The van der Waals surface area contributed by atoms with E-state index in [9.17, 15) is 30.5 Å². The SMILES string of the molecule is O=S(=O)([O-])C(F)(F)C(F)(F)CCCCO.c1ccc([I+]c2ccccc2)cc1. The highest BCUT2D eigenvalue weighted by molar-refractivity contribution is 7.86. The molecular weight excluding hydrogens is 515 g/mol. The van der Waals surface area contributed by atoms with E-state index < -0.39 is 40.7 Å². The fraction of sp³-hybridized carbons (Fsp3) is 0.333. The summed E-state index contributed by atoms with van der Waals surface area (Å²) < 4.78 is 82.7. The fourth-order valence-electron chi connectivity index (χ4n) is 1.87. The van der Waals surface area contributed by atoms with Gasteiger partial charge >= 0.3 is 32.4 Å². The standard InChI is InChI=1S/C12H10I.C6H10F4O4S/c1-3-7-11(8-4-1)13-12-9-5-2-6-10-12;7-5(8,3-1-2-4-11)6(9,10)15(12,13)14/h1-10H;11H,1-4H2,(H,12,13,14)/q+1;/p-1. The average Bonchev–Trinajstić information content (AvgIpc) is 2.63. The van der Waals surface area contributed by atoms with Crippen molar-refractivity contribution >= 4 is 10.1 Å². The predicted molar refractivity (Wildman–Crippen MR) is 90.8 cm³/mol. The van der Waals surface area contributed by atoms with Crippen LogP contribution in [-0.2, 0) is 10.1 Å². The highest BCUT2D eigenvalue weighted by atomic mass is 127. The van der Waals surface area contributed by atoms with Crippen LogP contribution in [0.25, 0.3) is 0 Å². The van der Waals surface area contributed by atoms with Gasteiger partial charge in [0.2, 0.25) is 0 Å². The summed E-state index contributed by atoms with van der Waals surface area (Å²) in [5, 5.41) is 2.60. The van der Waals surface area contributed by atoms with E-state index >= 15 is 0 Å². The van der Waals surface area contributed by atoms with Crippen molar-refractivity contribution in [2.24, 2.45) is 0 Å². The van der Waals surface area contributed by atoms with Gasteiger partial charge in [-0.2, -0.15) is 17.6 Å². The summed E-state index contributed by atoms with van der Waals surface area (Å²) in [6.45, 7) is -0.480. The van der Waals surface area contributed by atoms with E-state index in [1.54, 1.807) is 0 Å². The predicted octanol–water partition coefficient (Wildman–Crippen LogP) is 0.737. The molecule has 0 unspecified atom stereocenters. The lowest BCUT2D eigenvalue weighted by atomic mass is 10.1. The van der Waals surface area contributed by atoms with Crippen molar-refractivity contribution in [1.82, 2.24) is 0 Å². The van der Waals surface area contributed by atoms with Gasteiger partial charge in [0.25, 0.3) is 0 Å². The van der Waals surface area contributed by atoms with Crippen molar-refractivity contribution in [2.45, 2.75) is 30.4 Å². The molecule has 0 spiro atoms. The van der Waals surface area contributed by atoms with Crippen molar-refractivity contribution in [2.75, 3.05) is 6.61 Å². The quantitative estimate of drug-likeness (QED) is 0.235. The molecule has 0 radical (unpaired) electrons. The second-order valence-corrected chi connectivity index (χ2v) is 9.99. The van der Waals surface area contributed by atoms with Gasteiger partial charge in [-0.25, -0.2) is 8.42 Å². The Labute approximate surface area is 171 Å². The maximum absolute atomic E-state index is 12.6. The van der Waals surface area contributed by atoms with E-state index in [-0.39, 0.29) is 27.6 Å². The number of hydrogen-bond acceptors (Lipinski definition) is 4. The zero-order chi connectivity index (χ0) is 21.3. The Morgan fingerprint density at radius 2 is 1.29 bits per heavy atom. The lowest BCUT2D eigenvalue weighted by Gasteiger charge is -2.28. The summed E-state index contributed by atoms with van der Waals surface area (Å²) in [5.41, 5.74) is 0. The van der Waals surface area contributed by atoms with Crippen LogP contribution in [0, 0.1) is 7.14 Å². The maximum atomic E-state index is 12.6. The molecule has 0 amide bonds. The van der Waals surface area contributed by atoms with Crippen molar-refractivity contribution in [3.05, 3.63) is 67.8 Å². The Balaban J connectivity index is 0.000000281. The molecule has 4 nitrogen and oxygen atoms in total. The van der Waals surface area contributed by atoms with Crippen LogP contribution in [-0.4, -0.2) is 35.9 Å². The zero-order valence-corrected chi connectivity index (χ0v) is 17.5. The number of aliphatic hydroxyl groups excluding tert-OH is 1. The molecule has 2 aromatic rings. The first-order chi connectivity index (χ1) is 13.0. The van der Waals surface area contributed by atoms with Gasteiger partial charge in [0.1, 0.15) is 0 Å². The average molecular weight is 534 g/mol. The molecule has 0 fully saturated rings. The van der Waals surface area contributed by atoms with Crippen molar-refractivity contribution in [3.8, 4) is 0 Å². The lowest BCUT2D eigenvalue weighted by Crippen LogP contribution is -3.61. The third-order valence-electron chi connectivity index (χ3n) is 3.32. The number of benzene rings is 2. The topological polar surface area (TPSA) is 77.4 Å². The number of unbranched alkanes of at least 4 members (excludes halogenated alkanes) is 1. The highest BCUT2D eigenvalue weighted by Gasteiger charge is 2.60. The minimum Gasteiger partial charge on any atom is -0.743 e. The molecule has 0 saturated heterocycles. The molecule has 0 aliphatic rings. The zero-order valence-electron chi connectivity index (χ0n) is 14.6. The molecule has 0 aromatic heterocycles. The van der Waals surface area contributed by atoms with Gasteiger partial charge in [-0.1, -0.05) is 36.4 Å². The molecule has 2 rings (SSSR count). The Bertz CT molecular complexity index is 765. The van der Waals surface area contributed by atoms with Gasteiger partial charge in [0.15, 0.2) is 17.3 Å². The van der Waals surface area contributed by atoms with Crippen LogP contribution in [0.5, 0.6) is 0 Å². The molecule has 0 heterocycles. The van der Waals surface area contributed by atoms with E-state index in [0.29, 0.717) is 0 Å². The van der Waals surface area contributed by atoms with Crippen molar-refractivity contribution in [1.29, 1.82) is 0 Å². The molecule has 0 aliphatic carbocycles. The van der Waals surface area contributed by atoms with Crippen LogP contribution in [0.2, 0.25) is 0 Å². The van der Waals surface area contributed by atoms with Crippen LogP contribution in [0.15, 0.2) is 60.7 Å². The normalized spacial score (nSPS) is 12.2. The number of aliphatic hydroxyl groups is 1. The van der Waals surface area contributed by atoms with Gasteiger partial charge in [-0.15, -0.1) is 0 Å². The summed E-state index contributed by atoms with van der Waals surface area (Å²) in [5.74, 6) is -4.91. The second-order valence-electron chi connectivity index (χ2n) is 5.54. The maximum Gasteiger partial charge on any atom is 0.396 e. The third-order valence-corrected chi connectivity index (χ3v) is 6.93. The van der Waals surface area contributed by atoms with Gasteiger partial charge in [0.05, 0.1) is 0 Å². The molecule has 0 atom stereocenters. The molecule has 2 aromatic carbocycles. The molecule has 28 heavy (non-hydrogen) atoms. The molecule has 0 saturated carbocycles. The van der Waals surface area contributed by atoms with Gasteiger partial charge in [-0.3, -0.25) is 0 Å². The number of halogens is 5. The molecular formula is C18H19F4IO4S. The Kier molecular flexibility index (Phi) is 9.81. The third kappa shape index (κ3) is 7.64. The van der Waals surface area contributed by atoms with Gasteiger partial charge in [0, 0.05) is 13.0 Å². The van der Waals surface area contributed by atoms with Crippen molar-refractivity contribution in [3.63, 3.8) is 0 Å². The van der Waals surface area contributed by atoms with E-state index in [0.717, 1.165) is 0 Å². The fourth-order valence-corrected chi connectivity index (χ4v) is 4.61. The Hall–Kier alpha value is -1.24. The van der Waals surface area contributed by atoms with Crippen molar-refractivity contribution < 1.29 is 56.8 Å². The molecule has 0 bridgehead atoms. The van der Waals surface area contributed by atoms with Crippen LogP contribution in [0.3, 0.4) is 0 Å². The van der Waals surface area contributed by atoms with Gasteiger partial charge in [-0.05, 0) is 37.1 Å². The summed E-state index contributed by atoms with van der Waals surface area (Å²) in [6, 6.07) is 21.4. The van der Waals surface area contributed by atoms with Crippen LogP contribution >= 0.6 is 0 Å². The number of hydrogen-bond donors (Lipinski definition) is 1. The minimum atomic E-state index is -6.39. The lowest BCUT2D eigenvalue weighted by molar-refractivity contribution is -0.597. The van der Waals surface area contributed by atoms with E-state index in [4.69, 9.17) is 5.11 Å².